The number of carbonyl (C=O) groups excluding carboxylic acids is 2. The number of aryl methyl sites for hydroxylation is 3. The summed E-state index contributed by atoms with van der Waals surface area (Å²) in [4.78, 5) is 37.9. The Kier molecular flexibility index (Phi) is 5.95. The molecule has 7 nitrogen and oxygen atoms in total. The highest BCUT2D eigenvalue weighted by atomic mass is 32.2. The summed E-state index contributed by atoms with van der Waals surface area (Å²) in [5, 5.41) is 10.8. The lowest BCUT2D eigenvalue weighted by Gasteiger charge is -2.14. The molecule has 0 radical (unpaired) electrons. The van der Waals surface area contributed by atoms with Crippen LogP contribution in [0.1, 0.15) is 33.6 Å². The van der Waals surface area contributed by atoms with Crippen molar-refractivity contribution in [3.63, 3.8) is 0 Å². The van der Waals surface area contributed by atoms with Crippen LogP contribution < -0.4 is 0 Å². The van der Waals surface area contributed by atoms with Crippen molar-refractivity contribution in [3.05, 3.63) is 97.2 Å². The zero-order valence-electron chi connectivity index (χ0n) is 18.8. The third-order valence-electron chi connectivity index (χ3n) is 5.85. The van der Waals surface area contributed by atoms with E-state index in [0.29, 0.717) is 4.91 Å². The van der Waals surface area contributed by atoms with E-state index in [1.807, 2.05) is 62.6 Å². The van der Waals surface area contributed by atoms with E-state index in [4.69, 9.17) is 0 Å². The standard InChI is InChI=1S/C25H23N3O4S/c1-15-7-5-6-8-19(15)14-26-24(29)23(33-25(26)30)13-20-12-17(3)27(18(20)4)22-10-9-21(28(31)32)11-16(22)2/h5-13H,14H2,1-4H3/b23-13-. The maximum atomic E-state index is 13.0. The number of nitrogens with zero attached hydrogens (tertiary/aromatic N) is 3. The van der Waals surface area contributed by atoms with Crippen LogP contribution in [0.5, 0.6) is 0 Å². The first kappa shape index (κ1) is 22.5. The Morgan fingerprint density at radius 3 is 2.39 bits per heavy atom. The predicted octanol–water partition coefficient (Wildman–Crippen LogP) is 5.86. The average Bonchev–Trinajstić information content (AvgIpc) is 3.19. The van der Waals surface area contributed by atoms with Gasteiger partial charge in [0.05, 0.1) is 16.4 Å². The third-order valence-corrected chi connectivity index (χ3v) is 6.76. The van der Waals surface area contributed by atoms with E-state index >= 15 is 0 Å². The molecule has 2 heterocycles. The number of nitro benzene ring substituents is 1. The molecule has 2 aromatic carbocycles. The lowest BCUT2D eigenvalue weighted by atomic mass is 10.1. The average molecular weight is 462 g/mol. The SMILES string of the molecule is Cc1ccccc1CN1C(=O)S/C(=C\c2cc(C)n(-c3ccc([N+](=O)[O-])cc3C)c2C)C1=O. The number of rotatable bonds is 5. The summed E-state index contributed by atoms with van der Waals surface area (Å²) in [6, 6.07) is 14.4. The number of imide groups is 1. The van der Waals surface area contributed by atoms with Gasteiger partial charge in [0.15, 0.2) is 0 Å². The Hall–Kier alpha value is -3.65. The largest absolute Gasteiger partial charge is 0.318 e. The van der Waals surface area contributed by atoms with Crippen LogP contribution in [0.2, 0.25) is 0 Å². The van der Waals surface area contributed by atoms with Crippen LogP contribution >= 0.6 is 11.8 Å². The first-order chi connectivity index (χ1) is 15.7. The molecule has 33 heavy (non-hydrogen) atoms. The molecule has 1 aliphatic rings. The lowest BCUT2D eigenvalue weighted by Crippen LogP contribution is -2.27. The van der Waals surface area contributed by atoms with Crippen LogP contribution in [0.15, 0.2) is 53.4 Å². The topological polar surface area (TPSA) is 85.4 Å². The van der Waals surface area contributed by atoms with Gasteiger partial charge in [-0.3, -0.25) is 24.6 Å². The summed E-state index contributed by atoms with van der Waals surface area (Å²) in [6.45, 7) is 7.90. The monoisotopic (exact) mass is 461 g/mol. The van der Waals surface area contributed by atoms with Crippen LogP contribution in [0.3, 0.4) is 0 Å². The highest BCUT2D eigenvalue weighted by Gasteiger charge is 2.35. The summed E-state index contributed by atoms with van der Waals surface area (Å²) in [5.41, 5.74) is 6.26. The highest BCUT2D eigenvalue weighted by Crippen LogP contribution is 2.35. The molecule has 0 spiro atoms. The lowest BCUT2D eigenvalue weighted by molar-refractivity contribution is -0.384. The maximum Gasteiger partial charge on any atom is 0.293 e. The number of thioether (sulfide) groups is 1. The molecule has 0 N–H and O–H groups in total. The summed E-state index contributed by atoms with van der Waals surface area (Å²) in [5.74, 6) is -0.301. The molecule has 0 atom stereocenters. The van der Waals surface area contributed by atoms with E-state index in [1.54, 1.807) is 18.2 Å². The number of non-ortho nitro benzene ring substituents is 1. The van der Waals surface area contributed by atoms with E-state index in [2.05, 4.69) is 0 Å². The van der Waals surface area contributed by atoms with E-state index in [-0.39, 0.29) is 23.4 Å². The van der Waals surface area contributed by atoms with Gasteiger partial charge in [-0.2, -0.15) is 0 Å². The van der Waals surface area contributed by atoms with E-state index in [9.17, 15) is 19.7 Å². The fourth-order valence-corrected chi connectivity index (χ4v) is 4.87. The number of aromatic nitrogens is 1. The number of hydrogen-bond acceptors (Lipinski definition) is 5. The van der Waals surface area contributed by atoms with E-state index in [1.165, 1.54) is 11.0 Å². The summed E-state index contributed by atoms with van der Waals surface area (Å²) in [7, 11) is 0. The van der Waals surface area contributed by atoms with Gasteiger partial charge in [-0.25, -0.2) is 0 Å². The normalized spacial score (nSPS) is 15.0. The number of nitro groups is 1. The van der Waals surface area contributed by atoms with Gasteiger partial charge in [0.2, 0.25) is 0 Å². The third kappa shape index (κ3) is 4.21. The van der Waals surface area contributed by atoms with Gasteiger partial charge in [0.1, 0.15) is 0 Å². The molecule has 1 fully saturated rings. The van der Waals surface area contributed by atoms with Crippen molar-refractivity contribution in [1.29, 1.82) is 0 Å². The first-order valence-electron chi connectivity index (χ1n) is 10.4. The maximum absolute atomic E-state index is 13.0. The first-order valence-corrected chi connectivity index (χ1v) is 11.2. The Bertz CT molecular complexity index is 1340. The second-order valence-electron chi connectivity index (χ2n) is 8.08. The van der Waals surface area contributed by atoms with Crippen LogP contribution in [-0.4, -0.2) is 25.5 Å². The van der Waals surface area contributed by atoms with Crippen molar-refractivity contribution < 1.29 is 14.5 Å². The molecule has 0 aliphatic carbocycles. The van der Waals surface area contributed by atoms with E-state index in [0.717, 1.165) is 51.1 Å². The number of carbonyl (C=O) groups is 2. The van der Waals surface area contributed by atoms with Crippen molar-refractivity contribution in [2.75, 3.05) is 0 Å². The minimum Gasteiger partial charge on any atom is -0.318 e. The molecule has 0 bridgehead atoms. The molecule has 1 aromatic heterocycles. The van der Waals surface area contributed by atoms with Gasteiger partial charge in [-0.05, 0) is 79.9 Å². The van der Waals surface area contributed by atoms with Crippen LogP contribution in [0, 0.1) is 37.8 Å². The highest BCUT2D eigenvalue weighted by molar-refractivity contribution is 8.18. The molecule has 0 unspecified atom stereocenters. The van der Waals surface area contributed by atoms with Crippen molar-refractivity contribution in [3.8, 4) is 5.69 Å². The molecular weight excluding hydrogens is 438 g/mol. The van der Waals surface area contributed by atoms with Gasteiger partial charge in [0, 0.05) is 29.2 Å². The van der Waals surface area contributed by atoms with Crippen molar-refractivity contribution in [2.45, 2.75) is 34.2 Å². The molecule has 0 saturated carbocycles. The number of benzene rings is 2. The van der Waals surface area contributed by atoms with Crippen LogP contribution in [0.25, 0.3) is 11.8 Å². The quantitative estimate of drug-likeness (QED) is 0.270. The summed E-state index contributed by atoms with van der Waals surface area (Å²) >= 11 is 0.944. The van der Waals surface area contributed by atoms with Gasteiger partial charge in [-0.1, -0.05) is 24.3 Å². The molecule has 168 valence electrons. The van der Waals surface area contributed by atoms with Crippen LogP contribution in [0.4, 0.5) is 10.5 Å². The zero-order valence-corrected chi connectivity index (χ0v) is 19.6. The number of amides is 2. The predicted molar refractivity (Wildman–Crippen MR) is 129 cm³/mol. The van der Waals surface area contributed by atoms with Gasteiger partial charge < -0.3 is 4.57 Å². The smallest absolute Gasteiger partial charge is 0.293 e. The molecule has 1 saturated heterocycles. The molecule has 1 aliphatic heterocycles. The fourth-order valence-electron chi connectivity index (χ4n) is 4.04. The minimum absolute atomic E-state index is 0.0428. The Morgan fingerprint density at radius 1 is 1.00 bits per heavy atom. The summed E-state index contributed by atoms with van der Waals surface area (Å²) in [6.07, 6.45) is 1.75. The van der Waals surface area contributed by atoms with E-state index < -0.39 is 4.92 Å². The molecule has 4 rings (SSSR count). The second kappa shape index (κ2) is 8.71. The van der Waals surface area contributed by atoms with Gasteiger partial charge >= 0.3 is 0 Å². The van der Waals surface area contributed by atoms with Crippen molar-refractivity contribution in [2.24, 2.45) is 0 Å². The Balaban J connectivity index is 1.65. The second-order valence-corrected chi connectivity index (χ2v) is 9.08. The Morgan fingerprint density at radius 2 is 1.73 bits per heavy atom. The number of hydrogen-bond donors (Lipinski definition) is 0. The molecular formula is C25H23N3O4S. The zero-order chi connectivity index (χ0) is 23.9. The molecule has 8 heteroatoms. The van der Waals surface area contributed by atoms with Gasteiger partial charge in [0.25, 0.3) is 16.8 Å². The van der Waals surface area contributed by atoms with Gasteiger partial charge in [-0.15, -0.1) is 0 Å². The Labute approximate surface area is 195 Å². The fraction of sp³-hybridized carbons (Fsp3) is 0.200. The van der Waals surface area contributed by atoms with Crippen molar-refractivity contribution in [1.82, 2.24) is 9.47 Å². The minimum atomic E-state index is -0.412. The molecule has 3 aromatic rings. The van der Waals surface area contributed by atoms with Crippen molar-refractivity contribution >= 4 is 34.7 Å². The molecule has 2 amide bonds. The van der Waals surface area contributed by atoms with Crippen LogP contribution in [-0.2, 0) is 11.3 Å². The summed E-state index contributed by atoms with van der Waals surface area (Å²) < 4.78 is 2.00.